The van der Waals surface area contributed by atoms with Crippen molar-refractivity contribution in [1.29, 1.82) is 0 Å². The Labute approximate surface area is 193 Å². The van der Waals surface area contributed by atoms with Gasteiger partial charge >= 0.3 is 6.18 Å². The summed E-state index contributed by atoms with van der Waals surface area (Å²) in [6.07, 6.45) is 1.67. The van der Waals surface area contributed by atoms with Crippen molar-refractivity contribution < 1.29 is 17.9 Å². The number of rotatable bonds is 5. The first kappa shape index (κ1) is 22.3. The molecule has 0 fully saturated rings. The molecule has 1 aliphatic heterocycles. The number of hydrogen-bond acceptors (Lipinski definition) is 3. The van der Waals surface area contributed by atoms with Crippen molar-refractivity contribution in [2.45, 2.75) is 45.0 Å². The summed E-state index contributed by atoms with van der Waals surface area (Å²) in [5.74, 6) is 0.475. The zero-order chi connectivity index (χ0) is 24.1. The van der Waals surface area contributed by atoms with Gasteiger partial charge in [-0.15, -0.1) is 0 Å². The standard InChI is InChI=1S/C26H24F3N3O2/c1-16(2)11-17-5-3-6-18(12-17)25(9-4-10-34-25)19-7-8-20-22(13-19)32(15-26(27,28)29)24(33)21-14-30-31-23(20)21/h3-8,10,12-14,16H,9,11,15H2,1-2H3,(H,30,31). The average Bonchev–Trinajstić information content (AvgIpc) is 3.46. The number of nitrogens with one attached hydrogen (secondary N) is 1. The smallest absolute Gasteiger partial charge is 0.406 e. The molecule has 0 saturated carbocycles. The molecule has 1 aliphatic rings. The normalized spacial score (nSPS) is 18.3. The third-order valence-corrected chi connectivity index (χ3v) is 6.28. The second kappa shape index (κ2) is 8.04. The lowest BCUT2D eigenvalue weighted by molar-refractivity contribution is -0.140. The number of fused-ring (bicyclic) bond motifs is 3. The lowest BCUT2D eigenvalue weighted by atomic mass is 9.82. The number of ether oxygens (including phenoxy) is 1. The largest absolute Gasteiger partial charge is 0.485 e. The van der Waals surface area contributed by atoms with Gasteiger partial charge in [0.1, 0.15) is 6.54 Å². The molecule has 0 aliphatic carbocycles. The summed E-state index contributed by atoms with van der Waals surface area (Å²) in [6, 6.07) is 13.3. The van der Waals surface area contributed by atoms with Crippen LogP contribution in [0.1, 0.15) is 37.0 Å². The third-order valence-electron chi connectivity index (χ3n) is 6.28. The van der Waals surface area contributed by atoms with Gasteiger partial charge in [0, 0.05) is 22.9 Å². The van der Waals surface area contributed by atoms with Gasteiger partial charge in [0.05, 0.1) is 28.9 Å². The second-order valence-corrected chi connectivity index (χ2v) is 9.22. The minimum absolute atomic E-state index is 0.124. The van der Waals surface area contributed by atoms with Gasteiger partial charge < -0.3 is 4.74 Å². The number of alkyl halides is 3. The maximum atomic E-state index is 13.4. The number of nitrogens with zero attached hydrogens (tertiary/aromatic N) is 2. The summed E-state index contributed by atoms with van der Waals surface area (Å²) in [4.78, 5) is 13.0. The molecule has 0 spiro atoms. The molecule has 8 heteroatoms. The molecule has 176 valence electrons. The van der Waals surface area contributed by atoms with E-state index in [4.69, 9.17) is 4.74 Å². The average molecular weight is 467 g/mol. The Kier molecular flexibility index (Phi) is 5.26. The van der Waals surface area contributed by atoms with Gasteiger partial charge in [0.25, 0.3) is 5.56 Å². The summed E-state index contributed by atoms with van der Waals surface area (Å²) < 4.78 is 47.3. The fraction of sp³-hybridized carbons (Fsp3) is 0.308. The van der Waals surface area contributed by atoms with Crippen molar-refractivity contribution >= 4 is 21.8 Å². The summed E-state index contributed by atoms with van der Waals surface area (Å²) in [5.41, 5.74) is 1.75. The zero-order valence-corrected chi connectivity index (χ0v) is 18.8. The Morgan fingerprint density at radius 3 is 2.65 bits per heavy atom. The Morgan fingerprint density at radius 1 is 1.15 bits per heavy atom. The molecule has 3 heterocycles. The van der Waals surface area contributed by atoms with E-state index in [1.807, 2.05) is 24.3 Å². The highest BCUT2D eigenvalue weighted by Crippen LogP contribution is 2.42. The monoisotopic (exact) mass is 467 g/mol. The molecule has 2 aromatic heterocycles. The van der Waals surface area contributed by atoms with Crippen LogP contribution in [0.5, 0.6) is 0 Å². The molecule has 5 rings (SSSR count). The van der Waals surface area contributed by atoms with Gasteiger partial charge in [-0.25, -0.2) is 0 Å². The van der Waals surface area contributed by atoms with Crippen LogP contribution in [0.3, 0.4) is 0 Å². The van der Waals surface area contributed by atoms with E-state index in [9.17, 15) is 18.0 Å². The fourth-order valence-electron chi connectivity index (χ4n) is 4.85. The Balaban J connectivity index is 1.74. The van der Waals surface area contributed by atoms with Gasteiger partial charge in [-0.05, 0) is 30.0 Å². The molecule has 2 aromatic carbocycles. The van der Waals surface area contributed by atoms with Crippen LogP contribution in [0, 0.1) is 5.92 Å². The van der Waals surface area contributed by atoms with E-state index in [0.29, 0.717) is 28.8 Å². The summed E-state index contributed by atoms with van der Waals surface area (Å²) in [5, 5.41) is 7.27. The predicted molar refractivity (Wildman–Crippen MR) is 125 cm³/mol. The number of halogens is 3. The highest BCUT2D eigenvalue weighted by molar-refractivity contribution is 6.03. The molecule has 1 atom stereocenters. The molecule has 0 bridgehead atoms. The summed E-state index contributed by atoms with van der Waals surface area (Å²) in [7, 11) is 0. The molecule has 34 heavy (non-hydrogen) atoms. The SMILES string of the molecule is CC(C)Cc1cccc(C2(c3ccc4c5[nH]ncc5c(=O)n(CC(F)(F)F)c4c3)CC=CO2)c1. The molecule has 1 unspecified atom stereocenters. The van der Waals surface area contributed by atoms with Crippen LogP contribution >= 0.6 is 0 Å². The number of hydrogen-bond donors (Lipinski definition) is 1. The van der Waals surface area contributed by atoms with Crippen molar-refractivity contribution in [3.63, 3.8) is 0 Å². The molecule has 0 saturated heterocycles. The van der Waals surface area contributed by atoms with Gasteiger partial charge in [-0.2, -0.15) is 18.3 Å². The first-order valence-electron chi connectivity index (χ1n) is 11.2. The maximum absolute atomic E-state index is 13.4. The van der Waals surface area contributed by atoms with Crippen LogP contribution in [-0.4, -0.2) is 20.9 Å². The predicted octanol–water partition coefficient (Wildman–Crippen LogP) is 5.82. The van der Waals surface area contributed by atoms with Crippen molar-refractivity contribution in [2.24, 2.45) is 5.92 Å². The van der Waals surface area contributed by atoms with Gasteiger partial charge in [-0.1, -0.05) is 50.2 Å². The lowest BCUT2D eigenvalue weighted by Crippen LogP contribution is -2.30. The Morgan fingerprint density at radius 2 is 1.94 bits per heavy atom. The van der Waals surface area contributed by atoms with Crippen LogP contribution in [0.4, 0.5) is 13.2 Å². The molecular weight excluding hydrogens is 443 g/mol. The van der Waals surface area contributed by atoms with E-state index >= 15 is 0 Å². The van der Waals surface area contributed by atoms with E-state index in [1.54, 1.807) is 18.4 Å². The first-order valence-corrected chi connectivity index (χ1v) is 11.2. The molecule has 5 nitrogen and oxygen atoms in total. The molecule has 1 N–H and O–H groups in total. The van der Waals surface area contributed by atoms with Crippen LogP contribution in [0.25, 0.3) is 21.8 Å². The number of H-pyrrole nitrogens is 1. The minimum Gasteiger partial charge on any atom is -0.485 e. The summed E-state index contributed by atoms with van der Waals surface area (Å²) >= 11 is 0. The number of aromatic amines is 1. The minimum atomic E-state index is -4.56. The number of aromatic nitrogens is 3. The van der Waals surface area contributed by atoms with Crippen molar-refractivity contribution in [2.75, 3.05) is 0 Å². The van der Waals surface area contributed by atoms with E-state index in [1.165, 1.54) is 6.20 Å². The summed E-state index contributed by atoms with van der Waals surface area (Å²) in [6.45, 7) is 2.91. The second-order valence-electron chi connectivity index (χ2n) is 9.22. The first-order chi connectivity index (χ1) is 16.2. The maximum Gasteiger partial charge on any atom is 0.406 e. The van der Waals surface area contributed by atoms with Crippen LogP contribution in [0.2, 0.25) is 0 Å². The Bertz CT molecular complexity index is 1460. The Hall–Kier alpha value is -3.55. The van der Waals surface area contributed by atoms with Crippen molar-refractivity contribution in [1.82, 2.24) is 14.8 Å². The number of pyridine rings is 1. The van der Waals surface area contributed by atoms with E-state index in [0.717, 1.165) is 22.1 Å². The van der Waals surface area contributed by atoms with E-state index in [-0.39, 0.29) is 10.9 Å². The van der Waals surface area contributed by atoms with Crippen LogP contribution in [0.15, 0.2) is 65.8 Å². The molecule has 0 radical (unpaired) electrons. The highest BCUT2D eigenvalue weighted by atomic mass is 19.4. The zero-order valence-electron chi connectivity index (χ0n) is 18.8. The topological polar surface area (TPSA) is 59.9 Å². The highest BCUT2D eigenvalue weighted by Gasteiger charge is 2.38. The van der Waals surface area contributed by atoms with Crippen LogP contribution < -0.4 is 5.56 Å². The third kappa shape index (κ3) is 3.77. The van der Waals surface area contributed by atoms with Crippen LogP contribution in [-0.2, 0) is 23.3 Å². The molecule has 4 aromatic rings. The fourth-order valence-corrected chi connectivity index (χ4v) is 4.85. The number of benzene rings is 2. The molecular formula is C26H24F3N3O2. The van der Waals surface area contributed by atoms with E-state index < -0.39 is 23.9 Å². The van der Waals surface area contributed by atoms with E-state index in [2.05, 4.69) is 36.2 Å². The van der Waals surface area contributed by atoms with Gasteiger partial charge in [-0.3, -0.25) is 14.5 Å². The lowest BCUT2D eigenvalue weighted by Gasteiger charge is -2.31. The quantitative estimate of drug-likeness (QED) is 0.403. The van der Waals surface area contributed by atoms with Gasteiger partial charge in [0.2, 0.25) is 0 Å². The van der Waals surface area contributed by atoms with Crippen molar-refractivity contribution in [3.05, 3.63) is 88.0 Å². The van der Waals surface area contributed by atoms with Crippen molar-refractivity contribution in [3.8, 4) is 0 Å². The van der Waals surface area contributed by atoms with Gasteiger partial charge in [0.15, 0.2) is 5.60 Å². The molecule has 0 amide bonds.